The molecule has 8 heteroatoms. The first-order valence-electron chi connectivity index (χ1n) is 5.99. The van der Waals surface area contributed by atoms with Crippen LogP contribution in [0, 0.1) is 24.4 Å². The van der Waals surface area contributed by atoms with E-state index in [0.717, 1.165) is 6.92 Å². The van der Waals surface area contributed by atoms with Crippen molar-refractivity contribution in [1.29, 1.82) is 0 Å². The van der Waals surface area contributed by atoms with E-state index in [9.17, 15) is 18.0 Å². The second-order valence-corrected chi connectivity index (χ2v) is 4.41. The molecule has 2 aromatic carbocycles. The molecule has 0 saturated carbocycles. The molecule has 5 nitrogen and oxygen atoms in total. The number of carbonyl (C=O) groups excluding carboxylic acids is 1. The molecule has 2 aromatic rings. The molecule has 0 aliphatic rings. The maximum Gasteiger partial charge on any atom is 0.389 e. The summed E-state index contributed by atoms with van der Waals surface area (Å²) in [5, 5.41) is 0. The summed E-state index contributed by atoms with van der Waals surface area (Å²) in [5.41, 5.74) is 9.96. The second kappa shape index (κ2) is 5.84. The van der Waals surface area contributed by atoms with Crippen LogP contribution in [-0.2, 0) is 4.89 Å². The lowest BCUT2D eigenvalue weighted by Gasteiger charge is -2.09. The van der Waals surface area contributed by atoms with Gasteiger partial charge in [0, 0.05) is 11.3 Å². The highest BCUT2D eigenvalue weighted by Crippen LogP contribution is 2.25. The average Bonchev–Trinajstić information content (AvgIpc) is 2.47. The molecule has 116 valence electrons. The van der Waals surface area contributed by atoms with Crippen LogP contribution in [0.1, 0.15) is 15.9 Å². The predicted octanol–water partition coefficient (Wildman–Crippen LogP) is 2.73. The summed E-state index contributed by atoms with van der Waals surface area (Å²) in [5.74, 6) is -5.56. The van der Waals surface area contributed by atoms with E-state index in [4.69, 9.17) is 11.5 Å². The molecule has 0 amide bonds. The van der Waals surface area contributed by atoms with Gasteiger partial charge in [-0.25, -0.2) is 22.9 Å². The molecule has 0 aliphatic carbocycles. The Labute approximate surface area is 123 Å². The summed E-state index contributed by atoms with van der Waals surface area (Å²) in [4.78, 5) is 20.6. The normalized spacial score (nSPS) is 10.4. The molecular weight excluding hydrogens is 301 g/mol. The van der Waals surface area contributed by atoms with Crippen LogP contribution >= 0.6 is 0 Å². The SMILES string of the molecule is Cc1c(F)cc(C(=O)OOc2ccc(N)cc2N)c(F)c1F. The topological polar surface area (TPSA) is 87.6 Å². The third-order valence-electron chi connectivity index (χ3n) is 2.85. The van der Waals surface area contributed by atoms with Crippen LogP contribution in [0.25, 0.3) is 0 Å². The van der Waals surface area contributed by atoms with Crippen molar-refractivity contribution in [2.45, 2.75) is 6.92 Å². The van der Waals surface area contributed by atoms with Crippen molar-refractivity contribution in [2.24, 2.45) is 0 Å². The van der Waals surface area contributed by atoms with Crippen molar-refractivity contribution >= 4 is 17.3 Å². The summed E-state index contributed by atoms with van der Waals surface area (Å²) >= 11 is 0. The Hall–Kier alpha value is -2.90. The minimum atomic E-state index is -1.53. The Bertz CT molecular complexity index is 751. The van der Waals surface area contributed by atoms with Gasteiger partial charge in [0.2, 0.25) is 5.75 Å². The molecule has 2 rings (SSSR count). The second-order valence-electron chi connectivity index (χ2n) is 4.41. The van der Waals surface area contributed by atoms with Crippen molar-refractivity contribution < 1.29 is 27.7 Å². The molecule has 0 radical (unpaired) electrons. The zero-order valence-electron chi connectivity index (χ0n) is 11.3. The van der Waals surface area contributed by atoms with E-state index in [1.807, 2.05) is 0 Å². The van der Waals surface area contributed by atoms with E-state index >= 15 is 0 Å². The van der Waals surface area contributed by atoms with Gasteiger partial charge in [-0.3, -0.25) is 4.89 Å². The molecule has 0 unspecified atom stereocenters. The largest absolute Gasteiger partial charge is 0.399 e. The predicted molar refractivity (Wildman–Crippen MR) is 72.4 cm³/mol. The van der Waals surface area contributed by atoms with Gasteiger partial charge in [-0.1, -0.05) is 0 Å². The van der Waals surface area contributed by atoms with Crippen molar-refractivity contribution in [3.8, 4) is 5.75 Å². The lowest BCUT2D eigenvalue weighted by atomic mass is 10.1. The van der Waals surface area contributed by atoms with E-state index in [1.54, 1.807) is 0 Å². The van der Waals surface area contributed by atoms with Crippen LogP contribution in [-0.4, -0.2) is 5.97 Å². The fraction of sp³-hybridized carbons (Fsp3) is 0.0714. The third kappa shape index (κ3) is 2.90. The highest BCUT2D eigenvalue weighted by molar-refractivity contribution is 5.89. The zero-order chi connectivity index (χ0) is 16.4. The monoisotopic (exact) mass is 312 g/mol. The quantitative estimate of drug-likeness (QED) is 0.394. The summed E-state index contributed by atoms with van der Waals surface area (Å²) in [7, 11) is 0. The molecule has 0 saturated heterocycles. The maximum atomic E-state index is 13.6. The highest BCUT2D eigenvalue weighted by Gasteiger charge is 2.23. The number of carbonyl (C=O) groups is 1. The highest BCUT2D eigenvalue weighted by atomic mass is 19.2. The van der Waals surface area contributed by atoms with Crippen LogP contribution in [0.2, 0.25) is 0 Å². The van der Waals surface area contributed by atoms with Gasteiger partial charge in [-0.2, -0.15) is 0 Å². The third-order valence-corrected chi connectivity index (χ3v) is 2.85. The smallest absolute Gasteiger partial charge is 0.389 e. The Balaban J connectivity index is 2.20. The van der Waals surface area contributed by atoms with Gasteiger partial charge in [-0.05, 0) is 31.2 Å². The van der Waals surface area contributed by atoms with Gasteiger partial charge in [0.25, 0.3) is 0 Å². The summed E-state index contributed by atoms with van der Waals surface area (Å²) < 4.78 is 40.4. The first-order chi connectivity index (χ1) is 10.3. The number of halogens is 3. The molecule has 0 bridgehead atoms. The summed E-state index contributed by atoms with van der Waals surface area (Å²) in [6.07, 6.45) is 0. The van der Waals surface area contributed by atoms with Crippen molar-refractivity contribution in [3.05, 3.63) is 52.8 Å². The number of rotatable bonds is 3. The molecule has 0 aromatic heterocycles. The van der Waals surface area contributed by atoms with E-state index in [2.05, 4.69) is 9.78 Å². The summed E-state index contributed by atoms with van der Waals surface area (Å²) in [6.45, 7) is 1.04. The number of nitrogens with two attached hydrogens (primary N) is 2. The fourth-order valence-corrected chi connectivity index (χ4v) is 1.61. The maximum absolute atomic E-state index is 13.6. The zero-order valence-corrected chi connectivity index (χ0v) is 11.3. The van der Waals surface area contributed by atoms with Gasteiger partial charge < -0.3 is 11.5 Å². The molecule has 0 heterocycles. The molecule has 0 atom stereocenters. The van der Waals surface area contributed by atoms with Gasteiger partial charge >= 0.3 is 5.97 Å². The Kier molecular flexibility index (Phi) is 4.11. The van der Waals surface area contributed by atoms with Crippen LogP contribution < -0.4 is 16.4 Å². The molecule has 0 fully saturated rings. The van der Waals surface area contributed by atoms with Gasteiger partial charge in [0.05, 0.1) is 5.69 Å². The van der Waals surface area contributed by atoms with Crippen LogP contribution in [0.15, 0.2) is 24.3 Å². The number of hydrogen-bond donors (Lipinski definition) is 2. The van der Waals surface area contributed by atoms with E-state index in [1.165, 1.54) is 18.2 Å². The number of anilines is 2. The molecule has 0 aliphatic heterocycles. The van der Waals surface area contributed by atoms with E-state index < -0.39 is 34.5 Å². The molecule has 0 spiro atoms. The van der Waals surface area contributed by atoms with Gasteiger partial charge in [0.1, 0.15) is 11.4 Å². The van der Waals surface area contributed by atoms with Crippen molar-refractivity contribution in [1.82, 2.24) is 0 Å². The molecular formula is C14H11F3N2O3. The number of nitrogen functional groups attached to an aromatic ring is 2. The van der Waals surface area contributed by atoms with Crippen LogP contribution in [0.5, 0.6) is 5.75 Å². The minimum Gasteiger partial charge on any atom is -0.399 e. The lowest BCUT2D eigenvalue weighted by Crippen LogP contribution is -2.13. The van der Waals surface area contributed by atoms with Crippen molar-refractivity contribution in [3.63, 3.8) is 0 Å². The van der Waals surface area contributed by atoms with Gasteiger partial charge in [0.15, 0.2) is 11.6 Å². The minimum absolute atomic E-state index is 0.0592. The number of benzene rings is 2. The Morgan fingerprint density at radius 1 is 1.09 bits per heavy atom. The van der Waals surface area contributed by atoms with E-state index in [-0.39, 0.29) is 11.4 Å². The Morgan fingerprint density at radius 3 is 2.41 bits per heavy atom. The fourth-order valence-electron chi connectivity index (χ4n) is 1.61. The average molecular weight is 312 g/mol. The first-order valence-corrected chi connectivity index (χ1v) is 5.99. The van der Waals surface area contributed by atoms with Crippen molar-refractivity contribution in [2.75, 3.05) is 11.5 Å². The first kappa shape index (κ1) is 15.5. The van der Waals surface area contributed by atoms with Gasteiger partial charge in [-0.15, -0.1) is 0 Å². The van der Waals surface area contributed by atoms with Crippen LogP contribution in [0.3, 0.4) is 0 Å². The standard InChI is InChI=1S/C14H11F3N2O3/c1-6-9(15)5-8(13(17)12(6)16)14(20)22-21-11-3-2-7(18)4-10(11)19/h2-5H,18-19H2,1H3. The molecule has 4 N–H and O–H groups in total. The lowest BCUT2D eigenvalue weighted by molar-refractivity contribution is -0.149. The number of hydrogen-bond acceptors (Lipinski definition) is 5. The Morgan fingerprint density at radius 2 is 1.77 bits per heavy atom. The summed E-state index contributed by atoms with van der Waals surface area (Å²) in [6, 6.07) is 4.59. The van der Waals surface area contributed by atoms with Crippen LogP contribution in [0.4, 0.5) is 24.5 Å². The van der Waals surface area contributed by atoms with E-state index in [0.29, 0.717) is 11.8 Å². The molecule has 22 heavy (non-hydrogen) atoms.